The van der Waals surface area contributed by atoms with Crippen LogP contribution < -0.4 is 14.7 Å². The maximum absolute atomic E-state index is 11.0. The minimum absolute atomic E-state index is 0.536. The van der Waals surface area contributed by atoms with Gasteiger partial charge in [0, 0.05) is 16.7 Å². The average molecular weight is 1350 g/mol. The van der Waals surface area contributed by atoms with Crippen LogP contribution in [0.1, 0.15) is 77.9 Å². The second kappa shape index (κ2) is 25.8. The zero-order valence-electron chi connectivity index (χ0n) is 57.9. The number of benzene rings is 16. The van der Waals surface area contributed by atoms with Gasteiger partial charge in [-0.3, -0.25) is 0 Å². The van der Waals surface area contributed by atoms with Crippen molar-refractivity contribution >= 4 is 51.2 Å². The molecule has 0 amide bonds. The van der Waals surface area contributed by atoms with Crippen molar-refractivity contribution in [2.24, 2.45) is 0 Å². The molecule has 19 rings (SSSR count). The van der Waals surface area contributed by atoms with E-state index in [9.17, 15) is 10.5 Å². The first-order valence-electron chi connectivity index (χ1n) is 36.2. The van der Waals surface area contributed by atoms with Crippen molar-refractivity contribution in [3.8, 4) is 45.5 Å². The standard InChI is InChI=1S/C101H67N5/c102-68-70-60-64-73(65-61-70)94-96(104-87-54-28-22-48-81(87)99(75-36-10-2-11-37-75,76-38-12-3-13-39-76)82-49-23-29-55-88(82)104)93(72-34-8-1-9-35-72)97(105-89-56-30-24-50-83(89)100(77-40-14-4-15-41-77,78-42-16-5-17-43-78)84-51-25-31-57-90(84)105)95(74-66-62-71(69-103)63-67-74)98(94)106-91-58-32-26-52-85(91)101(79-44-18-6-19-45-79,80-46-20-7-21-47-80)86-53-27-33-59-92(86)106/h1-67H. The van der Waals surface area contributed by atoms with Gasteiger partial charge in [0.15, 0.2) is 0 Å². The van der Waals surface area contributed by atoms with Gasteiger partial charge in [-0.05, 0) is 144 Å². The molecule has 16 aromatic rings. The fraction of sp³-hybridized carbons (Fsp3) is 0.0297. The quantitative estimate of drug-likeness (QED) is 0.122. The third-order valence-electron chi connectivity index (χ3n) is 22.3. The Balaban J connectivity index is 1.09. The smallest absolute Gasteiger partial charge is 0.0991 e. The lowest BCUT2D eigenvalue weighted by atomic mass is 9.62. The van der Waals surface area contributed by atoms with Crippen molar-refractivity contribution in [1.29, 1.82) is 10.5 Å². The van der Waals surface area contributed by atoms with Gasteiger partial charge < -0.3 is 14.7 Å². The molecule has 5 heteroatoms. The Morgan fingerprint density at radius 3 is 0.547 bits per heavy atom. The number of nitriles is 2. The van der Waals surface area contributed by atoms with Gasteiger partial charge in [-0.1, -0.05) is 346 Å². The maximum Gasteiger partial charge on any atom is 0.0991 e. The molecule has 5 nitrogen and oxygen atoms in total. The Morgan fingerprint density at radius 1 is 0.179 bits per heavy atom. The van der Waals surface area contributed by atoms with E-state index >= 15 is 0 Å². The van der Waals surface area contributed by atoms with E-state index in [0.29, 0.717) is 11.1 Å². The predicted octanol–water partition coefficient (Wildman–Crippen LogP) is 24.9. The summed E-state index contributed by atoms with van der Waals surface area (Å²) < 4.78 is 0. The fourth-order valence-corrected chi connectivity index (χ4v) is 18.2. The highest BCUT2D eigenvalue weighted by Gasteiger charge is 2.53. The number of fused-ring (bicyclic) bond motifs is 6. The second-order valence-electron chi connectivity index (χ2n) is 27.5. The minimum Gasteiger partial charge on any atom is -0.308 e. The van der Waals surface area contributed by atoms with E-state index in [1.165, 1.54) is 0 Å². The molecule has 0 fully saturated rings. The Hall–Kier alpha value is -14.1. The van der Waals surface area contributed by atoms with Crippen LogP contribution in [0, 0.1) is 22.7 Å². The van der Waals surface area contributed by atoms with Gasteiger partial charge in [0.1, 0.15) is 0 Å². The molecular formula is C101H67N5. The van der Waals surface area contributed by atoms with Gasteiger partial charge in [0.05, 0.1) is 90.7 Å². The number of rotatable bonds is 12. The van der Waals surface area contributed by atoms with Gasteiger partial charge in [-0.2, -0.15) is 10.5 Å². The van der Waals surface area contributed by atoms with Crippen molar-refractivity contribution in [3.63, 3.8) is 0 Å². The number of nitrogens with zero attached hydrogens (tertiary/aromatic N) is 5. The third kappa shape index (κ3) is 9.33. The van der Waals surface area contributed by atoms with Crippen LogP contribution in [0.4, 0.5) is 51.2 Å². The van der Waals surface area contributed by atoms with Gasteiger partial charge in [0.2, 0.25) is 0 Å². The molecule has 0 saturated carbocycles. The van der Waals surface area contributed by atoms with Crippen molar-refractivity contribution in [2.75, 3.05) is 14.7 Å². The van der Waals surface area contributed by atoms with Crippen LogP contribution in [0.15, 0.2) is 406 Å². The first-order valence-corrected chi connectivity index (χ1v) is 36.2. The van der Waals surface area contributed by atoms with Gasteiger partial charge in [0.25, 0.3) is 0 Å². The highest BCUT2D eigenvalue weighted by atomic mass is 15.2. The van der Waals surface area contributed by atoms with Crippen molar-refractivity contribution in [2.45, 2.75) is 16.2 Å². The molecule has 0 aromatic heterocycles. The SMILES string of the molecule is N#Cc1ccc(-c2c(N3c4ccccc4C(c4ccccc4)(c4ccccc4)c4ccccc43)c(-c3ccccc3)c(N3c4ccccc4C(c4ccccc4)(c4ccccc4)c4ccccc43)c(-c3ccc(C#N)cc3)c2N2c3ccccc3C(c3ccccc3)(c3ccccc3)c3ccccc32)cc1. The van der Waals surface area contributed by atoms with E-state index in [-0.39, 0.29) is 0 Å². The summed E-state index contributed by atoms with van der Waals surface area (Å²) >= 11 is 0. The number of para-hydroxylation sites is 6. The van der Waals surface area contributed by atoms with Crippen LogP contribution in [-0.4, -0.2) is 0 Å². The maximum atomic E-state index is 11.0. The van der Waals surface area contributed by atoms with E-state index in [2.05, 4.69) is 409 Å². The zero-order chi connectivity index (χ0) is 70.8. The van der Waals surface area contributed by atoms with Crippen LogP contribution >= 0.6 is 0 Å². The third-order valence-corrected chi connectivity index (χ3v) is 22.3. The van der Waals surface area contributed by atoms with E-state index in [1.807, 2.05) is 24.3 Å². The van der Waals surface area contributed by atoms with E-state index in [0.717, 1.165) is 151 Å². The molecule has 3 aliphatic rings. The molecule has 16 aromatic carbocycles. The Bertz CT molecular complexity index is 5560. The summed E-state index contributed by atoms with van der Waals surface area (Å²) in [6.07, 6.45) is 0. The number of hydrogen-bond donors (Lipinski definition) is 0. The van der Waals surface area contributed by atoms with Gasteiger partial charge in [-0.15, -0.1) is 0 Å². The lowest BCUT2D eigenvalue weighted by Crippen LogP contribution is -2.39. The highest BCUT2D eigenvalue weighted by molar-refractivity contribution is 6.20. The number of hydrogen-bond acceptors (Lipinski definition) is 5. The van der Waals surface area contributed by atoms with E-state index in [1.54, 1.807) is 0 Å². The van der Waals surface area contributed by atoms with Crippen LogP contribution in [0.2, 0.25) is 0 Å². The van der Waals surface area contributed by atoms with Gasteiger partial charge in [-0.25, -0.2) is 0 Å². The first-order chi connectivity index (χ1) is 52.6. The molecule has 0 spiro atoms. The topological polar surface area (TPSA) is 57.3 Å². The normalized spacial score (nSPS) is 13.8. The summed E-state index contributed by atoms with van der Waals surface area (Å²) in [7, 11) is 0. The fourth-order valence-electron chi connectivity index (χ4n) is 18.2. The molecule has 0 atom stereocenters. The summed E-state index contributed by atoms with van der Waals surface area (Å²) in [6, 6.07) is 153. The molecule has 0 bridgehead atoms. The molecule has 496 valence electrons. The minimum atomic E-state index is -0.850. The van der Waals surface area contributed by atoms with Crippen LogP contribution in [0.5, 0.6) is 0 Å². The van der Waals surface area contributed by atoms with E-state index in [4.69, 9.17) is 0 Å². The van der Waals surface area contributed by atoms with Crippen LogP contribution in [-0.2, 0) is 16.2 Å². The van der Waals surface area contributed by atoms with Crippen molar-refractivity contribution in [3.05, 3.63) is 484 Å². The zero-order valence-corrected chi connectivity index (χ0v) is 57.9. The molecule has 3 aliphatic heterocycles. The van der Waals surface area contributed by atoms with Crippen LogP contribution in [0.3, 0.4) is 0 Å². The van der Waals surface area contributed by atoms with Crippen molar-refractivity contribution < 1.29 is 0 Å². The van der Waals surface area contributed by atoms with Crippen molar-refractivity contribution in [1.82, 2.24) is 0 Å². The summed E-state index contributed by atoms with van der Waals surface area (Å²) in [5.74, 6) is 0. The molecule has 0 radical (unpaired) electrons. The largest absolute Gasteiger partial charge is 0.308 e. The summed E-state index contributed by atoms with van der Waals surface area (Å²) in [5.41, 5.74) is 26.0. The monoisotopic (exact) mass is 1350 g/mol. The van der Waals surface area contributed by atoms with E-state index < -0.39 is 16.2 Å². The lowest BCUT2D eigenvalue weighted by Gasteiger charge is -2.50. The summed E-state index contributed by atoms with van der Waals surface area (Å²) in [5, 5.41) is 22.0. The van der Waals surface area contributed by atoms with Crippen LogP contribution in [0.25, 0.3) is 33.4 Å². The number of anilines is 9. The average Bonchev–Trinajstić information content (AvgIpc) is 0.681. The predicted molar refractivity (Wildman–Crippen MR) is 432 cm³/mol. The molecule has 0 unspecified atom stereocenters. The molecule has 0 saturated heterocycles. The molecule has 0 N–H and O–H groups in total. The Kier molecular flexibility index (Phi) is 15.3. The van der Waals surface area contributed by atoms with Gasteiger partial charge >= 0.3 is 0 Å². The molecule has 0 aliphatic carbocycles. The second-order valence-corrected chi connectivity index (χ2v) is 27.5. The summed E-state index contributed by atoms with van der Waals surface area (Å²) in [6.45, 7) is 0. The lowest BCUT2D eigenvalue weighted by molar-refractivity contribution is 0.729. The summed E-state index contributed by atoms with van der Waals surface area (Å²) in [4.78, 5) is 7.78. The highest BCUT2D eigenvalue weighted by Crippen LogP contribution is 2.70. The molecule has 3 heterocycles. The molecular weight excluding hydrogens is 1280 g/mol. The first kappa shape index (κ1) is 62.9. The Morgan fingerprint density at radius 2 is 0.349 bits per heavy atom. The molecule has 106 heavy (non-hydrogen) atoms. The Labute approximate surface area is 618 Å².